The van der Waals surface area contributed by atoms with E-state index in [-0.39, 0.29) is 16.1 Å². The van der Waals surface area contributed by atoms with Crippen molar-refractivity contribution in [3.63, 3.8) is 0 Å². The van der Waals surface area contributed by atoms with Gasteiger partial charge in [0.15, 0.2) is 5.65 Å². The number of imide groups is 1. The van der Waals surface area contributed by atoms with E-state index in [2.05, 4.69) is 15.1 Å². The van der Waals surface area contributed by atoms with Crippen molar-refractivity contribution in [1.82, 2.24) is 19.7 Å². The molecule has 0 unspecified atom stereocenters. The number of carbonyl (C=O) groups is 2. The molecule has 0 bridgehead atoms. The molecule has 9 heteroatoms. The molecule has 4 aromatic rings. The van der Waals surface area contributed by atoms with E-state index in [0.717, 1.165) is 10.5 Å². The first kappa shape index (κ1) is 17.8. The van der Waals surface area contributed by atoms with Gasteiger partial charge < -0.3 is 0 Å². The number of halogens is 2. The summed E-state index contributed by atoms with van der Waals surface area (Å²) in [5, 5.41) is 5.61. The Kier molecular flexibility index (Phi) is 3.90. The van der Waals surface area contributed by atoms with Crippen molar-refractivity contribution in [2.75, 3.05) is 4.90 Å². The van der Waals surface area contributed by atoms with Crippen molar-refractivity contribution in [1.29, 1.82) is 0 Å². The Hall–Kier alpha value is -3.29. The molecule has 0 fully saturated rings. The van der Waals surface area contributed by atoms with Crippen LogP contribution in [0.4, 0.5) is 5.69 Å². The van der Waals surface area contributed by atoms with Gasteiger partial charge in [-0.2, -0.15) is 5.10 Å². The summed E-state index contributed by atoms with van der Waals surface area (Å²) >= 11 is 12.1. The Labute approximate surface area is 174 Å². The second-order valence-electron chi connectivity index (χ2n) is 6.50. The molecule has 142 valence electrons. The molecule has 7 nitrogen and oxygen atoms in total. The largest absolute Gasteiger partial charge is 0.268 e. The van der Waals surface area contributed by atoms with Gasteiger partial charge in [0.2, 0.25) is 0 Å². The lowest BCUT2D eigenvalue weighted by atomic mass is 10.0. The first-order valence-electron chi connectivity index (χ1n) is 8.57. The molecule has 1 aliphatic rings. The molecule has 1 aromatic carbocycles. The van der Waals surface area contributed by atoms with Gasteiger partial charge in [0.05, 0.1) is 32.2 Å². The monoisotopic (exact) mass is 423 g/mol. The zero-order chi connectivity index (χ0) is 20.3. The fraction of sp³-hybridized carbons (Fsp3) is 0.0500. The summed E-state index contributed by atoms with van der Waals surface area (Å²) in [6.07, 6.45) is 4.71. The van der Waals surface area contributed by atoms with Crippen LogP contribution >= 0.6 is 23.2 Å². The molecule has 0 saturated heterocycles. The van der Waals surface area contributed by atoms with E-state index in [4.69, 9.17) is 23.2 Å². The van der Waals surface area contributed by atoms with Crippen LogP contribution in [-0.4, -0.2) is 31.6 Å². The van der Waals surface area contributed by atoms with E-state index < -0.39 is 11.8 Å². The van der Waals surface area contributed by atoms with Crippen LogP contribution in [0.5, 0.6) is 0 Å². The fourth-order valence-corrected chi connectivity index (χ4v) is 3.78. The lowest BCUT2D eigenvalue weighted by Crippen LogP contribution is -2.29. The van der Waals surface area contributed by atoms with Gasteiger partial charge in [-0.15, -0.1) is 0 Å². The minimum Gasteiger partial charge on any atom is -0.268 e. The number of hydrogen-bond donors (Lipinski definition) is 0. The third-order valence-electron chi connectivity index (χ3n) is 4.80. The number of fused-ring (bicyclic) bond motifs is 3. The standard InChI is InChI=1S/C20H11Cl2N5O2/c1-26-18-16(17(25-26)10-3-2-6-23-8-10)15-12(9-24-18)19(28)27(20(15)29)11-4-5-13(21)14(22)7-11/h2-9H,1H3. The predicted octanol–water partition coefficient (Wildman–Crippen LogP) is 4.14. The van der Waals surface area contributed by atoms with Crippen molar-refractivity contribution in [2.24, 2.45) is 7.05 Å². The van der Waals surface area contributed by atoms with Crippen LogP contribution in [0.3, 0.4) is 0 Å². The van der Waals surface area contributed by atoms with Crippen molar-refractivity contribution < 1.29 is 9.59 Å². The number of hydrogen-bond acceptors (Lipinski definition) is 5. The van der Waals surface area contributed by atoms with E-state index >= 15 is 0 Å². The van der Waals surface area contributed by atoms with Gasteiger partial charge in [0.25, 0.3) is 11.8 Å². The fourth-order valence-electron chi connectivity index (χ4n) is 3.49. The number of aromatic nitrogens is 4. The third kappa shape index (κ3) is 2.55. The maximum Gasteiger partial charge on any atom is 0.267 e. The number of aryl methyl sites for hydroxylation is 1. The van der Waals surface area contributed by atoms with Crippen molar-refractivity contribution in [3.8, 4) is 11.3 Å². The normalized spacial score (nSPS) is 13.4. The van der Waals surface area contributed by atoms with Gasteiger partial charge in [-0.05, 0) is 30.3 Å². The average molecular weight is 424 g/mol. The molecule has 2 amide bonds. The van der Waals surface area contributed by atoms with Crippen LogP contribution in [0.1, 0.15) is 20.7 Å². The summed E-state index contributed by atoms with van der Waals surface area (Å²) in [5.41, 5.74) is 2.58. The second kappa shape index (κ2) is 6.37. The smallest absolute Gasteiger partial charge is 0.267 e. The highest BCUT2D eigenvalue weighted by molar-refractivity contribution is 6.43. The van der Waals surface area contributed by atoms with E-state index in [1.54, 1.807) is 42.3 Å². The van der Waals surface area contributed by atoms with Gasteiger partial charge in [0.1, 0.15) is 5.69 Å². The Morgan fingerprint density at radius 2 is 1.83 bits per heavy atom. The molecule has 0 spiro atoms. The van der Waals surface area contributed by atoms with E-state index in [1.807, 2.05) is 6.07 Å². The molecule has 0 N–H and O–H groups in total. The van der Waals surface area contributed by atoms with E-state index in [9.17, 15) is 9.59 Å². The number of carbonyl (C=O) groups excluding carboxylic acids is 2. The van der Waals surface area contributed by atoms with Gasteiger partial charge in [-0.1, -0.05) is 23.2 Å². The summed E-state index contributed by atoms with van der Waals surface area (Å²) in [5.74, 6) is -0.937. The van der Waals surface area contributed by atoms with Crippen LogP contribution in [0.2, 0.25) is 10.0 Å². The average Bonchev–Trinajstić information content (AvgIpc) is 3.19. The van der Waals surface area contributed by atoms with Gasteiger partial charge in [-0.3, -0.25) is 14.6 Å². The van der Waals surface area contributed by atoms with E-state index in [0.29, 0.717) is 27.4 Å². The Bertz CT molecular complexity index is 1330. The van der Waals surface area contributed by atoms with Crippen molar-refractivity contribution in [3.05, 3.63) is 70.1 Å². The topological polar surface area (TPSA) is 81.0 Å². The van der Waals surface area contributed by atoms with Crippen LogP contribution in [-0.2, 0) is 7.05 Å². The minimum absolute atomic E-state index is 0.215. The van der Waals surface area contributed by atoms with Crippen LogP contribution < -0.4 is 4.90 Å². The quantitative estimate of drug-likeness (QED) is 0.452. The second-order valence-corrected chi connectivity index (χ2v) is 7.32. The maximum atomic E-state index is 13.4. The lowest BCUT2D eigenvalue weighted by molar-refractivity contribution is 0.0926. The Morgan fingerprint density at radius 1 is 1.00 bits per heavy atom. The molecule has 3 aromatic heterocycles. The first-order chi connectivity index (χ1) is 14.0. The first-order valence-corrected chi connectivity index (χ1v) is 9.33. The maximum absolute atomic E-state index is 13.4. The number of nitrogens with zero attached hydrogens (tertiary/aromatic N) is 5. The van der Waals surface area contributed by atoms with Gasteiger partial charge in [-0.25, -0.2) is 14.6 Å². The van der Waals surface area contributed by atoms with Crippen molar-refractivity contribution in [2.45, 2.75) is 0 Å². The molecule has 4 heterocycles. The number of rotatable bonds is 2. The Morgan fingerprint density at radius 3 is 2.55 bits per heavy atom. The molecule has 29 heavy (non-hydrogen) atoms. The number of amides is 2. The molecule has 5 rings (SSSR count). The summed E-state index contributed by atoms with van der Waals surface area (Å²) in [6, 6.07) is 8.22. The predicted molar refractivity (Wildman–Crippen MR) is 109 cm³/mol. The van der Waals surface area contributed by atoms with Gasteiger partial charge in [0, 0.05) is 31.2 Å². The molecule has 0 saturated carbocycles. The molecule has 0 radical (unpaired) electrons. The third-order valence-corrected chi connectivity index (χ3v) is 5.54. The Balaban J connectivity index is 1.76. The molecular formula is C20H11Cl2N5O2. The SMILES string of the molecule is Cn1nc(-c2cccnc2)c2c3c(cnc21)C(=O)N(c1ccc(Cl)c(Cl)c1)C3=O. The summed E-state index contributed by atoms with van der Waals surface area (Å²) < 4.78 is 1.58. The number of anilines is 1. The highest BCUT2D eigenvalue weighted by atomic mass is 35.5. The number of benzene rings is 1. The zero-order valence-corrected chi connectivity index (χ0v) is 16.4. The highest BCUT2D eigenvalue weighted by Gasteiger charge is 2.40. The summed E-state index contributed by atoms with van der Waals surface area (Å²) in [4.78, 5) is 36.0. The summed E-state index contributed by atoms with van der Waals surface area (Å²) in [6.45, 7) is 0. The van der Waals surface area contributed by atoms with Crippen molar-refractivity contribution >= 4 is 51.7 Å². The van der Waals surface area contributed by atoms with Crippen LogP contribution in [0.25, 0.3) is 22.3 Å². The molecular weight excluding hydrogens is 413 g/mol. The number of pyridine rings is 2. The summed E-state index contributed by atoms with van der Waals surface area (Å²) in [7, 11) is 1.74. The highest BCUT2D eigenvalue weighted by Crippen LogP contribution is 2.38. The molecule has 1 aliphatic heterocycles. The van der Waals surface area contributed by atoms with Gasteiger partial charge >= 0.3 is 0 Å². The lowest BCUT2D eigenvalue weighted by Gasteiger charge is -2.14. The molecule has 0 aliphatic carbocycles. The van der Waals surface area contributed by atoms with Crippen LogP contribution in [0, 0.1) is 0 Å². The molecule has 0 atom stereocenters. The van der Waals surface area contributed by atoms with E-state index in [1.165, 1.54) is 12.3 Å². The van der Waals surface area contributed by atoms with Crippen LogP contribution in [0.15, 0.2) is 48.9 Å². The minimum atomic E-state index is -0.473. The zero-order valence-electron chi connectivity index (χ0n) is 14.9.